The van der Waals surface area contributed by atoms with Crippen LogP contribution in [0.25, 0.3) is 0 Å². The van der Waals surface area contributed by atoms with Gasteiger partial charge in [0, 0.05) is 25.0 Å². The van der Waals surface area contributed by atoms with Crippen molar-refractivity contribution >= 4 is 11.8 Å². The molecule has 7 heteroatoms. The fourth-order valence-corrected chi connectivity index (χ4v) is 2.64. The van der Waals surface area contributed by atoms with Crippen molar-refractivity contribution < 1.29 is 9.84 Å². The van der Waals surface area contributed by atoms with Gasteiger partial charge in [0.15, 0.2) is 5.16 Å². The Balaban J connectivity index is 1.79. The van der Waals surface area contributed by atoms with Gasteiger partial charge in [0.05, 0.1) is 24.7 Å². The Labute approximate surface area is 128 Å². The normalized spacial score (nSPS) is 12.4. The first kappa shape index (κ1) is 15.8. The van der Waals surface area contributed by atoms with Crippen molar-refractivity contribution in [2.75, 3.05) is 12.4 Å². The molecule has 0 radical (unpaired) electrons. The number of aliphatic hydroxyl groups is 1. The summed E-state index contributed by atoms with van der Waals surface area (Å²) in [5.41, 5.74) is 7.89. The maximum absolute atomic E-state index is 9.12. The number of rotatable bonds is 7. The van der Waals surface area contributed by atoms with Crippen LogP contribution in [-0.4, -0.2) is 38.0 Å². The smallest absolute Gasteiger partial charge is 0.168 e. The molecule has 0 aliphatic carbocycles. The van der Waals surface area contributed by atoms with Gasteiger partial charge >= 0.3 is 0 Å². The van der Waals surface area contributed by atoms with Crippen molar-refractivity contribution in [3.63, 3.8) is 0 Å². The number of nitrogens with zero attached hydrogens (tertiary/aromatic N) is 3. The summed E-state index contributed by atoms with van der Waals surface area (Å²) in [6.45, 7) is 2.38. The summed E-state index contributed by atoms with van der Waals surface area (Å²) in [6, 6.07) is 1.82. The van der Waals surface area contributed by atoms with E-state index in [0.717, 1.165) is 22.2 Å². The zero-order valence-electron chi connectivity index (χ0n) is 12.2. The third-order valence-corrected chi connectivity index (χ3v) is 4.18. The maximum atomic E-state index is 9.12. The molecule has 0 aliphatic heterocycles. The van der Waals surface area contributed by atoms with Crippen LogP contribution in [0.15, 0.2) is 29.8 Å². The Morgan fingerprint density at radius 3 is 2.90 bits per heavy atom. The van der Waals surface area contributed by atoms with Crippen LogP contribution in [0.1, 0.15) is 11.3 Å². The zero-order valence-corrected chi connectivity index (χ0v) is 13.0. The van der Waals surface area contributed by atoms with Crippen LogP contribution in [0.4, 0.5) is 0 Å². The van der Waals surface area contributed by atoms with Crippen LogP contribution in [0.2, 0.25) is 0 Å². The second kappa shape index (κ2) is 7.44. The first-order chi connectivity index (χ1) is 10.1. The van der Waals surface area contributed by atoms with Crippen molar-refractivity contribution in [2.45, 2.75) is 24.7 Å². The second-order valence-electron chi connectivity index (χ2n) is 4.83. The Hall–Kier alpha value is -1.57. The molecule has 0 aromatic carbocycles. The fraction of sp³-hybridized carbons (Fsp3) is 0.429. The number of pyridine rings is 1. The SMILES string of the molecule is Cc1cncc(OCC(N)CSc2ncc(CO)n2C)c1. The molecule has 0 aliphatic rings. The summed E-state index contributed by atoms with van der Waals surface area (Å²) in [7, 11) is 1.88. The van der Waals surface area contributed by atoms with E-state index in [2.05, 4.69) is 9.97 Å². The molecule has 21 heavy (non-hydrogen) atoms. The van der Waals surface area contributed by atoms with Crippen molar-refractivity contribution in [3.05, 3.63) is 35.9 Å². The topological polar surface area (TPSA) is 86.2 Å². The maximum Gasteiger partial charge on any atom is 0.168 e. The molecule has 1 atom stereocenters. The highest BCUT2D eigenvalue weighted by atomic mass is 32.2. The summed E-state index contributed by atoms with van der Waals surface area (Å²) in [4.78, 5) is 8.32. The van der Waals surface area contributed by atoms with Crippen LogP contribution in [0.5, 0.6) is 5.75 Å². The molecule has 3 N–H and O–H groups in total. The molecule has 2 heterocycles. The zero-order chi connectivity index (χ0) is 15.2. The third kappa shape index (κ3) is 4.45. The average molecular weight is 308 g/mol. The van der Waals surface area contributed by atoms with Gasteiger partial charge in [-0.1, -0.05) is 11.8 Å². The molecule has 0 spiro atoms. The molecule has 0 saturated carbocycles. The number of hydrogen-bond acceptors (Lipinski definition) is 6. The lowest BCUT2D eigenvalue weighted by molar-refractivity contribution is 0.271. The van der Waals surface area contributed by atoms with Gasteiger partial charge in [0.2, 0.25) is 0 Å². The van der Waals surface area contributed by atoms with Crippen molar-refractivity contribution in [1.29, 1.82) is 0 Å². The molecule has 1 unspecified atom stereocenters. The van der Waals surface area contributed by atoms with Gasteiger partial charge in [-0.15, -0.1) is 0 Å². The van der Waals surface area contributed by atoms with E-state index in [9.17, 15) is 0 Å². The number of aliphatic hydroxyl groups excluding tert-OH is 1. The van der Waals surface area contributed by atoms with E-state index in [1.165, 1.54) is 0 Å². The van der Waals surface area contributed by atoms with Gasteiger partial charge in [-0.3, -0.25) is 4.98 Å². The first-order valence-electron chi connectivity index (χ1n) is 6.64. The number of imidazole rings is 1. The minimum atomic E-state index is -0.107. The molecule has 0 bridgehead atoms. The number of hydrogen-bond donors (Lipinski definition) is 2. The molecule has 2 rings (SSSR count). The summed E-state index contributed by atoms with van der Waals surface area (Å²) >= 11 is 1.55. The Kier molecular flexibility index (Phi) is 5.60. The molecule has 6 nitrogen and oxygen atoms in total. The largest absolute Gasteiger partial charge is 0.490 e. The standard InChI is InChI=1S/C14H20N4O2S/c1-10-3-13(6-16-4-10)20-8-11(15)9-21-14-17-5-12(7-19)18(14)2/h3-6,11,19H,7-9,15H2,1-2H3. The molecule has 0 amide bonds. The highest BCUT2D eigenvalue weighted by Gasteiger charge is 2.10. The van der Waals surface area contributed by atoms with E-state index in [1.807, 2.05) is 24.6 Å². The Bertz CT molecular complexity index is 588. The highest BCUT2D eigenvalue weighted by Crippen LogP contribution is 2.18. The fourth-order valence-electron chi connectivity index (χ4n) is 1.75. The van der Waals surface area contributed by atoms with Gasteiger partial charge in [-0.2, -0.15) is 0 Å². The molecule has 2 aromatic rings. The van der Waals surface area contributed by atoms with Gasteiger partial charge in [-0.05, 0) is 18.6 Å². The van der Waals surface area contributed by atoms with Crippen LogP contribution in [0, 0.1) is 6.92 Å². The number of nitrogens with two attached hydrogens (primary N) is 1. The average Bonchev–Trinajstić information content (AvgIpc) is 2.83. The molecular weight excluding hydrogens is 288 g/mol. The van der Waals surface area contributed by atoms with Crippen LogP contribution < -0.4 is 10.5 Å². The van der Waals surface area contributed by atoms with E-state index in [-0.39, 0.29) is 12.6 Å². The van der Waals surface area contributed by atoms with Gasteiger partial charge in [-0.25, -0.2) is 4.98 Å². The molecule has 0 saturated heterocycles. The predicted octanol–water partition coefficient (Wildman–Crippen LogP) is 1.11. The highest BCUT2D eigenvalue weighted by molar-refractivity contribution is 7.99. The number of aromatic nitrogens is 3. The van der Waals surface area contributed by atoms with Crippen LogP contribution in [0.3, 0.4) is 0 Å². The Morgan fingerprint density at radius 2 is 2.24 bits per heavy atom. The summed E-state index contributed by atoms with van der Waals surface area (Å²) < 4.78 is 7.49. The van der Waals surface area contributed by atoms with Gasteiger partial charge in [0.25, 0.3) is 0 Å². The lowest BCUT2D eigenvalue weighted by Gasteiger charge is -2.13. The molecule has 2 aromatic heterocycles. The summed E-state index contributed by atoms with van der Waals surface area (Å²) in [5.74, 6) is 1.42. The molecule has 114 valence electrons. The van der Waals surface area contributed by atoms with Crippen molar-refractivity contribution in [2.24, 2.45) is 12.8 Å². The quantitative estimate of drug-likeness (QED) is 0.745. The molecule has 0 fully saturated rings. The Morgan fingerprint density at radius 1 is 1.43 bits per heavy atom. The lowest BCUT2D eigenvalue weighted by Crippen LogP contribution is -2.30. The monoisotopic (exact) mass is 308 g/mol. The van der Waals surface area contributed by atoms with E-state index in [1.54, 1.807) is 30.4 Å². The minimum Gasteiger partial charge on any atom is -0.490 e. The summed E-state index contributed by atoms with van der Waals surface area (Å²) in [5, 5.41) is 9.96. The van der Waals surface area contributed by atoms with E-state index in [4.69, 9.17) is 15.6 Å². The van der Waals surface area contributed by atoms with Crippen molar-refractivity contribution in [3.8, 4) is 5.75 Å². The lowest BCUT2D eigenvalue weighted by atomic mass is 10.3. The van der Waals surface area contributed by atoms with Gasteiger partial charge < -0.3 is 20.1 Å². The van der Waals surface area contributed by atoms with Crippen molar-refractivity contribution in [1.82, 2.24) is 14.5 Å². The summed E-state index contributed by atoms with van der Waals surface area (Å²) in [6.07, 6.45) is 5.13. The number of ether oxygens (including phenoxy) is 1. The molecular formula is C14H20N4O2S. The predicted molar refractivity (Wildman–Crippen MR) is 82.3 cm³/mol. The van der Waals surface area contributed by atoms with Crippen LogP contribution >= 0.6 is 11.8 Å². The van der Waals surface area contributed by atoms with Gasteiger partial charge in [0.1, 0.15) is 12.4 Å². The number of aryl methyl sites for hydroxylation is 1. The van der Waals surface area contributed by atoms with Crippen LogP contribution in [-0.2, 0) is 13.7 Å². The van der Waals surface area contributed by atoms with E-state index in [0.29, 0.717) is 12.4 Å². The minimum absolute atomic E-state index is 0.0143. The first-order valence-corrected chi connectivity index (χ1v) is 7.63. The third-order valence-electron chi connectivity index (χ3n) is 2.94. The van der Waals surface area contributed by atoms with E-state index >= 15 is 0 Å². The van der Waals surface area contributed by atoms with E-state index < -0.39 is 0 Å². The number of thioether (sulfide) groups is 1. The second-order valence-corrected chi connectivity index (χ2v) is 5.82.